The largest absolute Gasteiger partial charge is 0.248 e. The molecular weight excluding hydrogens is 226 g/mol. The minimum atomic E-state index is 0.173. The quantitative estimate of drug-likeness (QED) is 0.791. The first-order valence-electron chi connectivity index (χ1n) is 5.01. The monoisotopic (exact) mass is 233 g/mol. The molecule has 0 bridgehead atoms. The maximum absolute atomic E-state index is 8.73. The number of hydrogen-bond acceptors (Lipinski definition) is 4. The van der Waals surface area contributed by atoms with Crippen molar-refractivity contribution in [3.63, 3.8) is 0 Å². The molecule has 2 atom stereocenters. The molecule has 0 amide bonds. The number of hydrogen-bond donors (Lipinski definition) is 0. The first-order chi connectivity index (χ1) is 7.78. The summed E-state index contributed by atoms with van der Waals surface area (Å²) in [7, 11) is 0. The molecule has 5 nitrogen and oxygen atoms in total. The molecule has 2 aromatic rings. The Kier molecular flexibility index (Phi) is 2.04. The summed E-state index contributed by atoms with van der Waals surface area (Å²) < 4.78 is 1.77. The van der Waals surface area contributed by atoms with Gasteiger partial charge in [0.05, 0.1) is 24.4 Å². The Hall–Kier alpha value is -1.67. The highest BCUT2D eigenvalue weighted by molar-refractivity contribution is 6.29. The molecule has 2 unspecified atom stereocenters. The van der Waals surface area contributed by atoms with Crippen molar-refractivity contribution in [2.24, 2.45) is 11.8 Å². The summed E-state index contributed by atoms with van der Waals surface area (Å²) in [5.74, 6) is 0.570. The second-order valence-corrected chi connectivity index (χ2v) is 4.35. The smallest absolute Gasteiger partial charge is 0.178 e. The van der Waals surface area contributed by atoms with Gasteiger partial charge < -0.3 is 0 Å². The molecule has 0 aliphatic heterocycles. The Morgan fingerprint density at radius 1 is 1.56 bits per heavy atom. The third kappa shape index (κ3) is 1.51. The highest BCUT2D eigenvalue weighted by Gasteiger charge is 2.37. The van der Waals surface area contributed by atoms with Gasteiger partial charge in [0.2, 0.25) is 0 Å². The van der Waals surface area contributed by atoms with Crippen molar-refractivity contribution >= 4 is 22.8 Å². The minimum absolute atomic E-state index is 0.173. The number of nitrogens with zero attached hydrogens (tertiary/aromatic N) is 5. The third-order valence-electron chi connectivity index (χ3n) is 2.81. The van der Waals surface area contributed by atoms with Crippen LogP contribution in [0.2, 0.25) is 5.15 Å². The van der Waals surface area contributed by atoms with E-state index >= 15 is 0 Å². The summed E-state index contributed by atoms with van der Waals surface area (Å²) in [4.78, 5) is 8.31. The summed E-state index contributed by atoms with van der Waals surface area (Å²) in [5, 5.41) is 13.3. The maximum Gasteiger partial charge on any atom is 0.178 e. The van der Waals surface area contributed by atoms with Gasteiger partial charge in [0.25, 0.3) is 0 Å². The van der Waals surface area contributed by atoms with Gasteiger partial charge in [-0.25, -0.2) is 14.6 Å². The lowest BCUT2D eigenvalue weighted by atomic mass is 10.3. The standard InChI is InChI=1S/C10H8ClN5/c11-9-4-13-8-3-14-16(10(8)15-9)5-7-1-6(7)2-12/h3-4,6-7H,1,5H2. The number of nitriles is 1. The van der Waals surface area contributed by atoms with Gasteiger partial charge in [-0.05, 0) is 12.3 Å². The van der Waals surface area contributed by atoms with Gasteiger partial charge in [-0.2, -0.15) is 10.4 Å². The molecule has 2 heterocycles. The molecular formula is C10H8ClN5. The Bertz CT molecular complexity index is 584. The fourth-order valence-electron chi connectivity index (χ4n) is 1.79. The van der Waals surface area contributed by atoms with E-state index in [2.05, 4.69) is 21.1 Å². The molecule has 1 fully saturated rings. The fraction of sp³-hybridized carbons (Fsp3) is 0.400. The van der Waals surface area contributed by atoms with E-state index < -0.39 is 0 Å². The van der Waals surface area contributed by atoms with Gasteiger partial charge in [-0.15, -0.1) is 0 Å². The first-order valence-corrected chi connectivity index (χ1v) is 5.39. The van der Waals surface area contributed by atoms with Gasteiger partial charge >= 0.3 is 0 Å². The van der Waals surface area contributed by atoms with E-state index in [1.165, 1.54) is 6.20 Å². The number of rotatable bonds is 2. The molecule has 6 heteroatoms. The zero-order chi connectivity index (χ0) is 11.1. The molecule has 0 aromatic carbocycles. The molecule has 0 spiro atoms. The molecule has 2 aromatic heterocycles. The maximum atomic E-state index is 8.73. The lowest BCUT2D eigenvalue weighted by Gasteiger charge is -2.00. The van der Waals surface area contributed by atoms with Crippen LogP contribution in [0.4, 0.5) is 0 Å². The van der Waals surface area contributed by atoms with E-state index in [9.17, 15) is 0 Å². The zero-order valence-corrected chi connectivity index (χ0v) is 9.09. The van der Waals surface area contributed by atoms with Gasteiger partial charge in [0, 0.05) is 6.54 Å². The molecule has 0 N–H and O–H groups in total. The SMILES string of the molecule is N#CC1CC1Cn1ncc2ncc(Cl)nc21. The van der Waals surface area contributed by atoms with Crippen LogP contribution in [0.25, 0.3) is 11.2 Å². The van der Waals surface area contributed by atoms with Gasteiger partial charge in [-0.1, -0.05) is 11.6 Å². The second-order valence-electron chi connectivity index (χ2n) is 3.96. The van der Waals surface area contributed by atoms with E-state index in [0.29, 0.717) is 16.7 Å². The van der Waals surface area contributed by atoms with Crippen molar-refractivity contribution in [3.05, 3.63) is 17.5 Å². The van der Waals surface area contributed by atoms with Crippen LogP contribution < -0.4 is 0 Å². The average molecular weight is 234 g/mol. The molecule has 16 heavy (non-hydrogen) atoms. The molecule has 0 saturated heterocycles. The number of aromatic nitrogens is 4. The highest BCUT2D eigenvalue weighted by Crippen LogP contribution is 2.39. The summed E-state index contributed by atoms with van der Waals surface area (Å²) in [6.07, 6.45) is 4.12. The molecule has 80 valence electrons. The van der Waals surface area contributed by atoms with Crippen LogP contribution in [0.3, 0.4) is 0 Å². The van der Waals surface area contributed by atoms with Crippen LogP contribution in [0.5, 0.6) is 0 Å². The normalized spacial score (nSPS) is 23.2. The Balaban J connectivity index is 1.93. The molecule has 1 aliphatic carbocycles. The summed E-state index contributed by atoms with van der Waals surface area (Å²) in [6.45, 7) is 0.719. The fourth-order valence-corrected chi connectivity index (χ4v) is 1.92. The predicted molar refractivity (Wildman–Crippen MR) is 57.5 cm³/mol. The first kappa shape index (κ1) is 9.55. The summed E-state index contributed by atoms with van der Waals surface area (Å²) >= 11 is 5.79. The van der Waals surface area contributed by atoms with Crippen LogP contribution in [0, 0.1) is 23.2 Å². The second kappa shape index (κ2) is 3.42. The minimum Gasteiger partial charge on any atom is -0.248 e. The number of fused-ring (bicyclic) bond motifs is 1. The molecule has 1 saturated carbocycles. The van der Waals surface area contributed by atoms with Crippen molar-refractivity contribution in [1.29, 1.82) is 5.26 Å². The van der Waals surface area contributed by atoms with Crippen molar-refractivity contribution in [2.75, 3.05) is 0 Å². The summed E-state index contributed by atoms with van der Waals surface area (Å²) in [5.41, 5.74) is 1.43. The van der Waals surface area contributed by atoms with Crippen LogP contribution in [0.15, 0.2) is 12.4 Å². The van der Waals surface area contributed by atoms with Crippen LogP contribution in [-0.4, -0.2) is 19.7 Å². The topological polar surface area (TPSA) is 67.4 Å². The van der Waals surface area contributed by atoms with Gasteiger partial charge in [0.15, 0.2) is 5.65 Å². The van der Waals surface area contributed by atoms with E-state index in [1.54, 1.807) is 10.9 Å². The predicted octanol–water partition coefficient (Wildman–Crippen LogP) is 1.64. The van der Waals surface area contributed by atoms with Crippen molar-refractivity contribution in [1.82, 2.24) is 19.7 Å². The van der Waals surface area contributed by atoms with Crippen molar-refractivity contribution in [2.45, 2.75) is 13.0 Å². The van der Waals surface area contributed by atoms with E-state index in [4.69, 9.17) is 16.9 Å². The van der Waals surface area contributed by atoms with Gasteiger partial charge in [-0.3, -0.25) is 0 Å². The highest BCUT2D eigenvalue weighted by atomic mass is 35.5. The Morgan fingerprint density at radius 3 is 3.19 bits per heavy atom. The van der Waals surface area contributed by atoms with E-state index in [1.807, 2.05) is 0 Å². The Labute approximate surface area is 96.7 Å². The van der Waals surface area contributed by atoms with Crippen molar-refractivity contribution < 1.29 is 0 Å². The van der Waals surface area contributed by atoms with Crippen LogP contribution in [0.1, 0.15) is 6.42 Å². The molecule has 3 rings (SSSR count). The lowest BCUT2D eigenvalue weighted by Crippen LogP contribution is -2.03. The van der Waals surface area contributed by atoms with Crippen LogP contribution >= 0.6 is 11.6 Å². The molecule has 1 aliphatic rings. The third-order valence-corrected chi connectivity index (χ3v) is 2.99. The summed E-state index contributed by atoms with van der Waals surface area (Å²) in [6, 6.07) is 2.26. The van der Waals surface area contributed by atoms with Crippen molar-refractivity contribution in [3.8, 4) is 6.07 Å². The van der Waals surface area contributed by atoms with Crippen LogP contribution in [-0.2, 0) is 6.54 Å². The number of halogens is 1. The van der Waals surface area contributed by atoms with E-state index in [-0.39, 0.29) is 5.92 Å². The lowest BCUT2D eigenvalue weighted by molar-refractivity contribution is 0.562. The molecule has 0 radical (unpaired) electrons. The average Bonchev–Trinajstić information content (AvgIpc) is 2.93. The van der Waals surface area contributed by atoms with Gasteiger partial charge in [0.1, 0.15) is 10.7 Å². The van der Waals surface area contributed by atoms with E-state index in [0.717, 1.165) is 18.5 Å². The zero-order valence-electron chi connectivity index (χ0n) is 8.34. The Morgan fingerprint density at radius 2 is 2.44 bits per heavy atom.